The van der Waals surface area contributed by atoms with Gasteiger partial charge in [-0.15, -0.1) is 0 Å². The molecule has 1 aromatic heterocycles. The van der Waals surface area contributed by atoms with E-state index in [1.807, 2.05) is 0 Å². The topological polar surface area (TPSA) is 80.5 Å². The van der Waals surface area contributed by atoms with E-state index in [1.54, 1.807) is 12.3 Å². The molecule has 0 spiro atoms. The number of carbonyl (C=O) groups excluding carboxylic acids is 1. The molecule has 2 heterocycles. The first kappa shape index (κ1) is 15.6. The summed E-state index contributed by atoms with van der Waals surface area (Å²) >= 11 is 0. The van der Waals surface area contributed by atoms with Gasteiger partial charge in [0.15, 0.2) is 0 Å². The molecule has 1 fully saturated rings. The van der Waals surface area contributed by atoms with Crippen molar-refractivity contribution >= 4 is 17.5 Å². The number of nitrogen functional groups attached to an aromatic ring is 1. The number of nitrogens with zero attached hydrogens (tertiary/aromatic N) is 2. The zero-order valence-corrected chi connectivity index (χ0v) is 12.9. The minimum absolute atomic E-state index is 0.350. The van der Waals surface area contributed by atoms with Crippen molar-refractivity contribution < 1.29 is 9.53 Å². The van der Waals surface area contributed by atoms with E-state index in [4.69, 9.17) is 10.5 Å². The lowest BCUT2D eigenvalue weighted by molar-refractivity contribution is 0.0602. The standard InChI is InChI=1S/C15H24N4O2/c1-10(2)19-7-5-11(9-19)8-18-14-13(16)12(4-6-17-14)15(20)21-3/h4,6,10-11H,5,7-9,16H2,1-3H3,(H,17,18). The Kier molecular flexibility index (Phi) is 5.01. The van der Waals surface area contributed by atoms with E-state index in [2.05, 4.69) is 29.0 Å². The van der Waals surface area contributed by atoms with Gasteiger partial charge >= 0.3 is 5.97 Å². The predicted molar refractivity (Wildman–Crippen MR) is 83.3 cm³/mol. The average molecular weight is 292 g/mol. The number of anilines is 2. The van der Waals surface area contributed by atoms with Crippen LogP contribution in [0.15, 0.2) is 12.3 Å². The fourth-order valence-electron chi connectivity index (χ4n) is 2.64. The number of nitrogens with two attached hydrogens (primary N) is 1. The minimum Gasteiger partial charge on any atom is -0.465 e. The van der Waals surface area contributed by atoms with E-state index in [1.165, 1.54) is 13.5 Å². The van der Waals surface area contributed by atoms with Crippen molar-refractivity contribution in [3.63, 3.8) is 0 Å². The molecule has 3 N–H and O–H groups in total. The molecule has 1 unspecified atom stereocenters. The number of aromatic nitrogens is 1. The first-order valence-electron chi connectivity index (χ1n) is 7.33. The highest BCUT2D eigenvalue weighted by Crippen LogP contribution is 2.23. The number of esters is 1. The van der Waals surface area contributed by atoms with E-state index in [0.717, 1.165) is 19.6 Å². The molecule has 21 heavy (non-hydrogen) atoms. The van der Waals surface area contributed by atoms with E-state index in [9.17, 15) is 4.79 Å². The van der Waals surface area contributed by atoms with Gasteiger partial charge in [0.2, 0.25) is 0 Å². The van der Waals surface area contributed by atoms with E-state index < -0.39 is 5.97 Å². The Morgan fingerprint density at radius 3 is 3.00 bits per heavy atom. The third kappa shape index (κ3) is 3.64. The van der Waals surface area contributed by atoms with E-state index in [-0.39, 0.29) is 0 Å². The maximum absolute atomic E-state index is 11.6. The lowest BCUT2D eigenvalue weighted by Crippen LogP contribution is -2.29. The number of carbonyl (C=O) groups is 1. The van der Waals surface area contributed by atoms with Crippen molar-refractivity contribution in [2.45, 2.75) is 26.3 Å². The second-order valence-corrected chi connectivity index (χ2v) is 5.74. The molecule has 1 aliphatic rings. The number of methoxy groups -OCH3 is 1. The Morgan fingerprint density at radius 2 is 2.38 bits per heavy atom. The molecule has 6 heteroatoms. The van der Waals surface area contributed by atoms with Crippen LogP contribution < -0.4 is 11.1 Å². The molecule has 1 atom stereocenters. The predicted octanol–water partition coefficient (Wildman–Crippen LogP) is 1.59. The van der Waals surface area contributed by atoms with Gasteiger partial charge in [0.1, 0.15) is 5.82 Å². The van der Waals surface area contributed by atoms with Gasteiger partial charge in [-0.3, -0.25) is 0 Å². The second kappa shape index (κ2) is 6.76. The van der Waals surface area contributed by atoms with Crippen molar-refractivity contribution in [3.8, 4) is 0 Å². The summed E-state index contributed by atoms with van der Waals surface area (Å²) in [6.07, 6.45) is 2.74. The van der Waals surface area contributed by atoms with Gasteiger partial charge in [-0.05, 0) is 38.8 Å². The molecule has 0 amide bonds. The number of nitrogens with one attached hydrogen (secondary N) is 1. The van der Waals surface area contributed by atoms with Crippen LogP contribution in [0.2, 0.25) is 0 Å². The molecule has 1 saturated heterocycles. The average Bonchev–Trinajstić information content (AvgIpc) is 2.94. The quantitative estimate of drug-likeness (QED) is 0.802. The van der Waals surface area contributed by atoms with E-state index >= 15 is 0 Å². The van der Waals surface area contributed by atoms with E-state index in [0.29, 0.717) is 29.0 Å². The molecule has 0 aliphatic carbocycles. The molecule has 0 saturated carbocycles. The molecule has 6 nitrogen and oxygen atoms in total. The minimum atomic E-state index is -0.440. The maximum atomic E-state index is 11.6. The SMILES string of the molecule is COC(=O)c1ccnc(NCC2CCN(C(C)C)C2)c1N. The smallest absolute Gasteiger partial charge is 0.340 e. The Morgan fingerprint density at radius 1 is 1.62 bits per heavy atom. The molecular formula is C15H24N4O2. The zero-order chi connectivity index (χ0) is 15.4. The first-order valence-corrected chi connectivity index (χ1v) is 7.33. The monoisotopic (exact) mass is 292 g/mol. The summed E-state index contributed by atoms with van der Waals surface area (Å²) in [5.41, 5.74) is 6.69. The first-order chi connectivity index (χ1) is 10.0. The Balaban J connectivity index is 1.97. The second-order valence-electron chi connectivity index (χ2n) is 5.74. The van der Waals surface area contributed by atoms with Crippen LogP contribution in [-0.2, 0) is 4.74 Å². The Hall–Kier alpha value is -1.82. The van der Waals surface area contributed by atoms with Crippen molar-refractivity contribution in [2.24, 2.45) is 5.92 Å². The third-order valence-electron chi connectivity index (χ3n) is 4.00. The summed E-state index contributed by atoms with van der Waals surface area (Å²) < 4.78 is 4.71. The van der Waals surface area contributed by atoms with Crippen LogP contribution >= 0.6 is 0 Å². The van der Waals surface area contributed by atoms with Crippen molar-refractivity contribution in [2.75, 3.05) is 37.8 Å². The maximum Gasteiger partial charge on any atom is 0.340 e. The highest BCUT2D eigenvalue weighted by molar-refractivity contribution is 5.97. The Bertz CT molecular complexity index is 504. The lowest BCUT2D eigenvalue weighted by Gasteiger charge is -2.20. The largest absolute Gasteiger partial charge is 0.465 e. The van der Waals surface area contributed by atoms with Gasteiger partial charge in [0, 0.05) is 25.3 Å². The van der Waals surface area contributed by atoms with Crippen molar-refractivity contribution in [3.05, 3.63) is 17.8 Å². The molecule has 2 rings (SSSR count). The van der Waals surface area contributed by atoms with Gasteiger partial charge < -0.3 is 20.7 Å². The van der Waals surface area contributed by atoms with Gasteiger partial charge in [0.05, 0.1) is 18.4 Å². The van der Waals surface area contributed by atoms with Gasteiger partial charge in [-0.2, -0.15) is 0 Å². The van der Waals surface area contributed by atoms with Crippen molar-refractivity contribution in [1.82, 2.24) is 9.88 Å². The molecule has 0 radical (unpaired) electrons. The van der Waals surface area contributed by atoms with Crippen LogP contribution in [0, 0.1) is 5.92 Å². The van der Waals surface area contributed by atoms with Crippen LogP contribution in [0.25, 0.3) is 0 Å². The number of ether oxygens (including phenoxy) is 1. The zero-order valence-electron chi connectivity index (χ0n) is 12.9. The normalized spacial score (nSPS) is 19.0. The third-order valence-corrected chi connectivity index (χ3v) is 4.00. The summed E-state index contributed by atoms with van der Waals surface area (Å²) in [5, 5.41) is 3.26. The van der Waals surface area contributed by atoms with Gasteiger partial charge in [-0.1, -0.05) is 0 Å². The fourth-order valence-corrected chi connectivity index (χ4v) is 2.64. The molecule has 0 aromatic carbocycles. The lowest BCUT2D eigenvalue weighted by atomic mass is 10.1. The number of hydrogen-bond acceptors (Lipinski definition) is 6. The number of likely N-dealkylation sites (tertiary alicyclic amines) is 1. The summed E-state index contributed by atoms with van der Waals surface area (Å²) in [7, 11) is 1.34. The van der Waals surface area contributed by atoms with Gasteiger partial charge in [-0.25, -0.2) is 9.78 Å². The molecule has 1 aliphatic heterocycles. The fraction of sp³-hybridized carbons (Fsp3) is 0.600. The molecular weight excluding hydrogens is 268 g/mol. The van der Waals surface area contributed by atoms with Crippen LogP contribution in [0.4, 0.5) is 11.5 Å². The molecule has 116 valence electrons. The summed E-state index contributed by atoms with van der Waals surface area (Å²) in [6, 6.07) is 2.16. The molecule has 1 aromatic rings. The summed E-state index contributed by atoms with van der Waals surface area (Å²) in [5.74, 6) is 0.695. The molecule has 0 bridgehead atoms. The Labute approximate surface area is 125 Å². The summed E-state index contributed by atoms with van der Waals surface area (Å²) in [6.45, 7) is 7.46. The van der Waals surface area contributed by atoms with Crippen molar-refractivity contribution in [1.29, 1.82) is 0 Å². The van der Waals surface area contributed by atoms with Gasteiger partial charge in [0.25, 0.3) is 0 Å². The van der Waals surface area contributed by atoms with Crippen LogP contribution in [-0.4, -0.2) is 48.6 Å². The number of hydrogen-bond donors (Lipinski definition) is 2. The van der Waals surface area contributed by atoms with Crippen LogP contribution in [0.1, 0.15) is 30.6 Å². The van der Waals surface area contributed by atoms with Crippen LogP contribution in [0.5, 0.6) is 0 Å². The summed E-state index contributed by atoms with van der Waals surface area (Å²) in [4.78, 5) is 18.3. The number of rotatable bonds is 5. The van der Waals surface area contributed by atoms with Crippen LogP contribution in [0.3, 0.4) is 0 Å². The highest BCUT2D eigenvalue weighted by atomic mass is 16.5. The number of pyridine rings is 1. The highest BCUT2D eigenvalue weighted by Gasteiger charge is 2.24.